The number of halogens is 1. The van der Waals surface area contributed by atoms with Crippen LogP contribution in [0.4, 0.5) is 15.8 Å². The summed E-state index contributed by atoms with van der Waals surface area (Å²) in [5.74, 6) is -2.24. The fourth-order valence-electron chi connectivity index (χ4n) is 7.29. The first-order valence-corrected chi connectivity index (χ1v) is 15.2. The highest BCUT2D eigenvalue weighted by molar-refractivity contribution is 5.97. The van der Waals surface area contributed by atoms with Crippen LogP contribution >= 0.6 is 0 Å². The molecule has 10 heteroatoms. The van der Waals surface area contributed by atoms with Crippen molar-refractivity contribution in [3.05, 3.63) is 89.6 Å². The van der Waals surface area contributed by atoms with E-state index >= 15 is 4.39 Å². The zero-order valence-corrected chi connectivity index (χ0v) is 24.5. The van der Waals surface area contributed by atoms with Crippen molar-refractivity contribution in [2.75, 3.05) is 31.3 Å². The Labute approximate surface area is 254 Å². The molecule has 3 fully saturated rings. The second-order valence-electron chi connectivity index (χ2n) is 12.0. The van der Waals surface area contributed by atoms with Gasteiger partial charge in [0.1, 0.15) is 11.3 Å². The molecule has 3 aromatic carbocycles. The first-order valence-electron chi connectivity index (χ1n) is 15.2. The third-order valence-electron chi connectivity index (χ3n) is 9.46. The number of carbonyl (C=O) groups excluding carboxylic acids is 2. The number of likely N-dealkylation sites (tertiary alicyclic amines) is 1. The van der Waals surface area contributed by atoms with Gasteiger partial charge in [-0.2, -0.15) is 0 Å². The van der Waals surface area contributed by atoms with Gasteiger partial charge in [-0.1, -0.05) is 24.3 Å². The maximum Gasteiger partial charge on any atom is 0.257 e. The number of primary amides is 1. The Bertz CT molecular complexity index is 1660. The molecule has 0 bridgehead atoms. The van der Waals surface area contributed by atoms with Crippen molar-refractivity contribution in [1.82, 2.24) is 9.88 Å². The summed E-state index contributed by atoms with van der Waals surface area (Å²) in [5, 5.41) is 0. The fraction of sp³-hybridized carbons (Fsp3) is 0.382. The van der Waals surface area contributed by atoms with E-state index in [4.69, 9.17) is 19.6 Å². The molecule has 4 heterocycles. The Morgan fingerprint density at radius 1 is 1.00 bits per heavy atom. The summed E-state index contributed by atoms with van der Waals surface area (Å²) in [7, 11) is 0. The molecule has 2 N–H and O–H groups in total. The van der Waals surface area contributed by atoms with Gasteiger partial charge in [0.05, 0.1) is 36.8 Å². The van der Waals surface area contributed by atoms with Gasteiger partial charge in [-0.3, -0.25) is 9.59 Å². The lowest BCUT2D eigenvalue weighted by molar-refractivity contribution is -0.126. The minimum Gasteiger partial charge on any atom is -0.443 e. The number of rotatable bonds is 6. The number of hydrogen-bond acceptors (Lipinski definition) is 7. The van der Waals surface area contributed by atoms with Crippen LogP contribution in [0.1, 0.15) is 46.8 Å². The number of carbonyl (C=O) groups is 2. The van der Waals surface area contributed by atoms with Gasteiger partial charge in [0.15, 0.2) is 12.0 Å². The smallest absolute Gasteiger partial charge is 0.257 e. The zero-order chi connectivity index (χ0) is 30.4. The summed E-state index contributed by atoms with van der Waals surface area (Å²) in [4.78, 5) is 35.4. The van der Waals surface area contributed by atoms with Crippen molar-refractivity contribution in [1.29, 1.82) is 0 Å². The molecule has 0 radical (unpaired) electrons. The van der Waals surface area contributed by atoms with E-state index in [1.54, 1.807) is 24.0 Å². The minimum absolute atomic E-state index is 0.0124. The molecule has 4 atom stereocenters. The number of fused-ring (bicyclic) bond motifs is 2. The van der Waals surface area contributed by atoms with Crippen LogP contribution in [-0.4, -0.2) is 60.2 Å². The lowest BCUT2D eigenvalue weighted by atomic mass is 9.76. The van der Waals surface area contributed by atoms with Crippen LogP contribution in [0.5, 0.6) is 0 Å². The number of anilines is 2. The molecule has 4 aromatic rings. The Morgan fingerprint density at radius 3 is 2.52 bits per heavy atom. The number of benzene rings is 3. The average Bonchev–Trinajstić information content (AvgIpc) is 3.70. The lowest BCUT2D eigenvalue weighted by Crippen LogP contribution is -2.55. The van der Waals surface area contributed by atoms with E-state index in [1.165, 1.54) is 12.5 Å². The van der Waals surface area contributed by atoms with Gasteiger partial charge >= 0.3 is 0 Å². The average molecular weight is 599 g/mol. The maximum atomic E-state index is 15.1. The number of amides is 2. The Balaban J connectivity index is 1.29. The number of aromatic nitrogens is 1. The van der Waals surface area contributed by atoms with Crippen molar-refractivity contribution in [3.8, 4) is 0 Å². The van der Waals surface area contributed by atoms with Crippen LogP contribution in [0.2, 0.25) is 0 Å². The molecule has 3 aliphatic heterocycles. The maximum absolute atomic E-state index is 15.1. The Kier molecular flexibility index (Phi) is 7.55. The van der Waals surface area contributed by atoms with E-state index in [-0.39, 0.29) is 23.6 Å². The second kappa shape index (κ2) is 11.7. The van der Waals surface area contributed by atoms with Gasteiger partial charge in [-0.05, 0) is 67.6 Å². The molecule has 3 saturated heterocycles. The molecule has 0 aliphatic carbocycles. The van der Waals surface area contributed by atoms with Crippen molar-refractivity contribution in [2.24, 2.45) is 17.6 Å². The number of ether oxygens (including phenoxy) is 2. The number of nitrogens with zero attached hydrogens (tertiary/aromatic N) is 3. The third-order valence-corrected chi connectivity index (χ3v) is 9.46. The number of aryl methyl sites for hydroxylation is 1. The van der Waals surface area contributed by atoms with Gasteiger partial charge in [0.2, 0.25) is 5.91 Å². The van der Waals surface area contributed by atoms with Crippen molar-refractivity contribution in [2.45, 2.75) is 44.3 Å². The van der Waals surface area contributed by atoms with E-state index in [9.17, 15) is 9.59 Å². The van der Waals surface area contributed by atoms with Crippen LogP contribution in [0.25, 0.3) is 11.1 Å². The van der Waals surface area contributed by atoms with Crippen molar-refractivity contribution >= 4 is 34.3 Å². The number of piperidine rings is 1. The second-order valence-corrected chi connectivity index (χ2v) is 12.0. The first-order chi connectivity index (χ1) is 21.4. The molecular weight excluding hydrogens is 563 g/mol. The highest BCUT2D eigenvalue weighted by Gasteiger charge is 2.50. The predicted octanol–water partition coefficient (Wildman–Crippen LogP) is 5.30. The van der Waals surface area contributed by atoms with Crippen LogP contribution in [0, 0.1) is 24.6 Å². The molecule has 0 saturated carbocycles. The summed E-state index contributed by atoms with van der Waals surface area (Å²) in [6.07, 6.45) is 3.65. The van der Waals surface area contributed by atoms with Crippen LogP contribution < -0.4 is 10.6 Å². The molecule has 3 aliphatic rings. The number of hydrogen-bond donors (Lipinski definition) is 1. The highest BCUT2D eigenvalue weighted by atomic mass is 19.1. The minimum atomic E-state index is -0.668. The molecule has 9 nitrogen and oxygen atoms in total. The van der Waals surface area contributed by atoms with E-state index in [0.29, 0.717) is 44.0 Å². The van der Waals surface area contributed by atoms with Gasteiger partial charge in [-0.25, -0.2) is 9.37 Å². The number of nitrogens with two attached hydrogens (primary N) is 1. The predicted molar refractivity (Wildman–Crippen MR) is 162 cm³/mol. The molecule has 1 aromatic heterocycles. The van der Waals surface area contributed by atoms with Crippen LogP contribution in [0.3, 0.4) is 0 Å². The van der Waals surface area contributed by atoms with Gasteiger partial charge in [0.25, 0.3) is 5.91 Å². The molecule has 2 amide bonds. The van der Waals surface area contributed by atoms with Crippen LogP contribution in [0.15, 0.2) is 71.5 Å². The summed E-state index contributed by atoms with van der Waals surface area (Å²) in [6, 6.07) is 17.8. The highest BCUT2D eigenvalue weighted by Crippen LogP contribution is 2.45. The van der Waals surface area contributed by atoms with Gasteiger partial charge < -0.3 is 29.4 Å². The Morgan fingerprint density at radius 2 is 1.77 bits per heavy atom. The van der Waals surface area contributed by atoms with E-state index in [1.807, 2.05) is 42.5 Å². The monoisotopic (exact) mass is 598 g/mol. The third kappa shape index (κ3) is 5.01. The summed E-state index contributed by atoms with van der Waals surface area (Å²) < 4.78 is 32.2. The first kappa shape index (κ1) is 28.5. The van der Waals surface area contributed by atoms with Gasteiger partial charge in [-0.15, -0.1) is 0 Å². The topological polar surface area (TPSA) is 111 Å². The molecule has 0 spiro atoms. The van der Waals surface area contributed by atoms with Crippen LogP contribution in [-0.2, 0) is 14.3 Å². The largest absolute Gasteiger partial charge is 0.443 e. The number of oxazole rings is 1. The summed E-state index contributed by atoms with van der Waals surface area (Å²) >= 11 is 0. The summed E-state index contributed by atoms with van der Waals surface area (Å²) in [6.45, 7) is 3.81. The van der Waals surface area contributed by atoms with Crippen molar-refractivity contribution in [3.63, 3.8) is 0 Å². The SMILES string of the molecule is Cc1cccc(F)c1C(=O)N1C2COCC2CC(C(N)=O)C1c1ccc(N(c2ccc3ncoc3c2)C2CCOCC2)cc1. The van der Waals surface area contributed by atoms with E-state index < -0.39 is 29.6 Å². The van der Waals surface area contributed by atoms with E-state index in [2.05, 4.69) is 9.88 Å². The van der Waals surface area contributed by atoms with Crippen molar-refractivity contribution < 1.29 is 27.9 Å². The molecule has 228 valence electrons. The lowest BCUT2D eigenvalue weighted by Gasteiger charge is -2.47. The molecule has 44 heavy (non-hydrogen) atoms. The fourth-order valence-corrected chi connectivity index (χ4v) is 7.29. The Hall–Kier alpha value is -4.28. The quantitative estimate of drug-likeness (QED) is 0.321. The standard InChI is InChI=1S/C34H35FN4O5/c1-20-3-2-4-27(35)31(20)34(41)39-29-18-43-17-22(29)15-26(33(36)40)32(39)21-5-7-23(8-6-21)38(24-11-13-42-14-12-24)25-9-10-28-30(16-25)44-19-37-28/h2-10,16,19,22,24,26,29,32H,11-15,17-18H2,1H3,(H2,36,40). The normalized spacial score (nSPS) is 23.9. The molecule has 4 unspecified atom stereocenters. The van der Waals surface area contributed by atoms with Gasteiger partial charge in [0, 0.05) is 42.6 Å². The molecular formula is C34H35FN4O5. The summed E-state index contributed by atoms with van der Waals surface area (Å²) in [5.41, 5.74) is 10.7. The zero-order valence-electron chi connectivity index (χ0n) is 24.5. The van der Waals surface area contributed by atoms with E-state index in [0.717, 1.165) is 35.3 Å². The molecule has 7 rings (SSSR count).